The van der Waals surface area contributed by atoms with Gasteiger partial charge in [0.2, 0.25) is 0 Å². The van der Waals surface area contributed by atoms with Crippen molar-refractivity contribution in [3.05, 3.63) is 65.2 Å². The summed E-state index contributed by atoms with van der Waals surface area (Å²) >= 11 is 0. The molecule has 0 amide bonds. The van der Waals surface area contributed by atoms with Gasteiger partial charge < -0.3 is 14.6 Å². The Morgan fingerprint density at radius 2 is 1.58 bits per heavy atom. The van der Waals surface area contributed by atoms with Crippen LogP contribution in [0.15, 0.2) is 48.5 Å². The third-order valence-electron chi connectivity index (χ3n) is 2.94. The fourth-order valence-electron chi connectivity index (χ4n) is 1.96. The summed E-state index contributed by atoms with van der Waals surface area (Å²) in [4.78, 5) is 32.8. The predicted octanol–water partition coefficient (Wildman–Crippen LogP) is 3.15. The van der Waals surface area contributed by atoms with Crippen LogP contribution in [0.1, 0.15) is 35.3 Å². The summed E-state index contributed by atoms with van der Waals surface area (Å²) in [7, 11) is 1.50. The highest BCUT2D eigenvalue weighted by Gasteiger charge is 2.16. The number of carboxylic acid groups (broad SMARTS) is 1. The maximum absolute atomic E-state index is 12.5. The summed E-state index contributed by atoms with van der Waals surface area (Å²) in [5.41, 5.74) is 1.36. The van der Waals surface area contributed by atoms with Crippen molar-refractivity contribution in [3.8, 4) is 5.75 Å². The van der Waals surface area contributed by atoms with Gasteiger partial charge in [0.05, 0.1) is 13.5 Å². The van der Waals surface area contributed by atoms with Gasteiger partial charge in [-0.1, -0.05) is 36.4 Å². The zero-order valence-electron chi connectivity index (χ0n) is 13.9. The molecule has 0 heterocycles. The second kappa shape index (κ2) is 9.25. The first-order valence-electron chi connectivity index (χ1n) is 7.30. The van der Waals surface area contributed by atoms with E-state index in [2.05, 4.69) is 0 Å². The topological polar surface area (TPSA) is 80.7 Å². The maximum Gasteiger partial charge on any atom is 0.307 e. The van der Waals surface area contributed by atoms with E-state index < -0.39 is 5.97 Å². The highest BCUT2D eigenvalue weighted by atomic mass is 16.5. The van der Waals surface area contributed by atoms with E-state index in [1.165, 1.54) is 21.0 Å². The molecule has 0 saturated carbocycles. The zero-order valence-corrected chi connectivity index (χ0v) is 13.9. The Morgan fingerprint density at radius 3 is 2.08 bits per heavy atom. The number of ether oxygens (including phenoxy) is 1. The second-order valence-corrected chi connectivity index (χ2v) is 5.20. The van der Waals surface area contributed by atoms with Gasteiger partial charge in [-0.2, -0.15) is 0 Å². The quantitative estimate of drug-likeness (QED) is 0.853. The maximum atomic E-state index is 12.5. The number of hydrogen-bond acceptors (Lipinski definition) is 4. The molecule has 2 aromatic rings. The fraction of sp³-hybridized carbons (Fsp3) is 0.211. The normalized spacial score (nSPS) is 9.46. The minimum Gasteiger partial charge on any atom is -0.497 e. The van der Waals surface area contributed by atoms with Crippen molar-refractivity contribution >= 4 is 17.5 Å². The number of carbonyl (C=O) groups is 3. The molecular formula is C19H20O5. The highest BCUT2D eigenvalue weighted by Crippen LogP contribution is 2.21. The molecule has 0 fully saturated rings. The molecule has 0 aromatic heterocycles. The monoisotopic (exact) mass is 328 g/mol. The molecule has 2 rings (SSSR count). The summed E-state index contributed by atoms with van der Waals surface area (Å²) in [6, 6.07) is 13.6. The molecule has 0 spiro atoms. The molecule has 0 aliphatic heterocycles. The van der Waals surface area contributed by atoms with Gasteiger partial charge in [-0.05, 0) is 31.5 Å². The number of aliphatic carboxylic acids is 1. The number of methoxy groups -OCH3 is 1. The first-order valence-corrected chi connectivity index (χ1v) is 7.30. The Morgan fingerprint density at radius 1 is 1.00 bits per heavy atom. The standard InChI is InChI=1S/C16H14O4.C3H6O/c1-20-13-8-7-12(9-15(17)18)14(10-13)16(19)11-5-3-2-4-6-11;1-3(2)4/h2-8,10H,9H2,1H3,(H,17,18);1-2H3. The average Bonchev–Trinajstić information content (AvgIpc) is 2.54. The SMILES string of the molecule is CC(C)=O.COc1ccc(CC(=O)O)c(C(=O)c2ccccc2)c1. The van der Waals surface area contributed by atoms with Crippen LogP contribution in [-0.2, 0) is 16.0 Å². The van der Waals surface area contributed by atoms with Crippen molar-refractivity contribution in [2.24, 2.45) is 0 Å². The molecule has 5 nitrogen and oxygen atoms in total. The van der Waals surface area contributed by atoms with Gasteiger partial charge >= 0.3 is 5.97 Å². The Balaban J connectivity index is 0.000000648. The van der Waals surface area contributed by atoms with Crippen molar-refractivity contribution in [2.45, 2.75) is 20.3 Å². The molecular weight excluding hydrogens is 308 g/mol. The largest absolute Gasteiger partial charge is 0.497 e. The minimum atomic E-state index is -0.975. The van der Waals surface area contributed by atoms with E-state index in [1.807, 2.05) is 6.07 Å². The van der Waals surface area contributed by atoms with E-state index in [-0.39, 0.29) is 18.0 Å². The Hall–Kier alpha value is -2.95. The van der Waals surface area contributed by atoms with Crippen LogP contribution < -0.4 is 4.74 Å². The van der Waals surface area contributed by atoms with E-state index in [1.54, 1.807) is 42.5 Å². The van der Waals surface area contributed by atoms with Crippen LogP contribution in [0.25, 0.3) is 0 Å². The van der Waals surface area contributed by atoms with Crippen LogP contribution in [0.4, 0.5) is 0 Å². The lowest BCUT2D eigenvalue weighted by Crippen LogP contribution is -2.09. The Labute approximate surface area is 140 Å². The molecule has 0 atom stereocenters. The molecule has 0 aliphatic rings. The lowest BCUT2D eigenvalue weighted by Gasteiger charge is -2.09. The minimum absolute atomic E-state index is 0.167. The summed E-state index contributed by atoms with van der Waals surface area (Å²) in [6.45, 7) is 3.06. The van der Waals surface area contributed by atoms with E-state index >= 15 is 0 Å². The number of carboxylic acids is 1. The van der Waals surface area contributed by atoms with Crippen molar-refractivity contribution in [2.75, 3.05) is 7.11 Å². The fourth-order valence-corrected chi connectivity index (χ4v) is 1.96. The number of rotatable bonds is 5. The molecule has 0 saturated heterocycles. The zero-order chi connectivity index (χ0) is 18.1. The van der Waals surface area contributed by atoms with Crippen LogP contribution >= 0.6 is 0 Å². The molecule has 2 aromatic carbocycles. The highest BCUT2D eigenvalue weighted by molar-refractivity contribution is 6.10. The second-order valence-electron chi connectivity index (χ2n) is 5.20. The molecule has 24 heavy (non-hydrogen) atoms. The van der Waals surface area contributed by atoms with Crippen molar-refractivity contribution in [1.82, 2.24) is 0 Å². The summed E-state index contributed by atoms with van der Waals surface area (Å²) < 4.78 is 5.10. The molecule has 126 valence electrons. The van der Waals surface area contributed by atoms with Crippen LogP contribution in [-0.4, -0.2) is 29.8 Å². The van der Waals surface area contributed by atoms with Crippen molar-refractivity contribution in [1.29, 1.82) is 0 Å². The number of carbonyl (C=O) groups excluding carboxylic acids is 2. The van der Waals surface area contributed by atoms with Crippen LogP contribution in [0.3, 0.4) is 0 Å². The smallest absolute Gasteiger partial charge is 0.307 e. The van der Waals surface area contributed by atoms with Crippen molar-refractivity contribution in [3.63, 3.8) is 0 Å². The lowest BCUT2D eigenvalue weighted by molar-refractivity contribution is -0.136. The molecule has 0 radical (unpaired) electrons. The van der Waals surface area contributed by atoms with Gasteiger partial charge in [-0.3, -0.25) is 9.59 Å². The number of ketones is 2. The predicted molar refractivity (Wildman–Crippen MR) is 90.6 cm³/mol. The number of hydrogen-bond donors (Lipinski definition) is 1. The van der Waals surface area contributed by atoms with E-state index in [0.29, 0.717) is 22.4 Å². The average molecular weight is 328 g/mol. The first kappa shape index (κ1) is 19.1. The molecule has 0 unspecified atom stereocenters. The van der Waals surface area contributed by atoms with E-state index in [9.17, 15) is 14.4 Å². The van der Waals surface area contributed by atoms with Crippen LogP contribution in [0, 0.1) is 0 Å². The Bertz CT molecular complexity index is 716. The van der Waals surface area contributed by atoms with Gasteiger partial charge in [0, 0.05) is 11.1 Å². The third kappa shape index (κ3) is 6.04. The van der Waals surface area contributed by atoms with Crippen LogP contribution in [0.2, 0.25) is 0 Å². The summed E-state index contributed by atoms with van der Waals surface area (Å²) in [5.74, 6) is -0.489. The molecule has 0 bridgehead atoms. The van der Waals surface area contributed by atoms with Crippen molar-refractivity contribution < 1.29 is 24.2 Å². The number of benzene rings is 2. The van der Waals surface area contributed by atoms with Gasteiger partial charge in [-0.25, -0.2) is 0 Å². The molecule has 5 heteroatoms. The van der Waals surface area contributed by atoms with Gasteiger partial charge in [0.1, 0.15) is 11.5 Å². The third-order valence-corrected chi connectivity index (χ3v) is 2.94. The van der Waals surface area contributed by atoms with Gasteiger partial charge in [0.25, 0.3) is 0 Å². The Kier molecular flexibility index (Phi) is 7.36. The van der Waals surface area contributed by atoms with Crippen LogP contribution in [0.5, 0.6) is 5.75 Å². The van der Waals surface area contributed by atoms with E-state index in [4.69, 9.17) is 9.84 Å². The molecule has 1 N–H and O–H groups in total. The lowest BCUT2D eigenvalue weighted by atomic mass is 9.96. The molecule has 0 aliphatic carbocycles. The summed E-state index contributed by atoms with van der Waals surface area (Å²) in [5, 5.41) is 8.93. The van der Waals surface area contributed by atoms with Gasteiger partial charge in [-0.15, -0.1) is 0 Å². The summed E-state index contributed by atoms with van der Waals surface area (Å²) in [6.07, 6.45) is -0.197. The first-order chi connectivity index (χ1) is 11.3. The number of Topliss-reactive ketones (excluding diaryl/α,β-unsaturated/α-hetero) is 1. The van der Waals surface area contributed by atoms with Gasteiger partial charge in [0.15, 0.2) is 5.78 Å². The van der Waals surface area contributed by atoms with E-state index in [0.717, 1.165) is 0 Å².